The molecule has 2 heterocycles. The van der Waals surface area contributed by atoms with Crippen molar-refractivity contribution in [3.63, 3.8) is 0 Å². The van der Waals surface area contributed by atoms with E-state index >= 15 is 0 Å². The van der Waals surface area contributed by atoms with Crippen LogP contribution >= 0.6 is 0 Å². The number of carbonyl (C=O) groups excluding carboxylic acids is 1. The number of nitrogens with one attached hydrogen (secondary N) is 1. The van der Waals surface area contributed by atoms with Crippen molar-refractivity contribution in [3.05, 3.63) is 29.8 Å². The fourth-order valence-corrected chi connectivity index (χ4v) is 3.23. The molecule has 0 aromatic heterocycles. The van der Waals surface area contributed by atoms with E-state index in [-0.39, 0.29) is 18.1 Å². The third-order valence-corrected chi connectivity index (χ3v) is 4.32. The number of carbonyl (C=O) groups is 1. The number of amides is 1. The molecule has 0 aliphatic carbocycles. The van der Waals surface area contributed by atoms with Crippen molar-refractivity contribution >= 4 is 11.6 Å². The molecule has 4 nitrogen and oxygen atoms in total. The maximum absolute atomic E-state index is 12.7. The highest BCUT2D eigenvalue weighted by Gasteiger charge is 2.32. The van der Waals surface area contributed by atoms with Crippen LogP contribution < -0.4 is 5.32 Å². The summed E-state index contributed by atoms with van der Waals surface area (Å²) in [6.45, 7) is 4.51. The number of anilines is 1. The largest absolute Gasteiger partial charge is 0.376 e. The van der Waals surface area contributed by atoms with E-state index in [2.05, 4.69) is 18.3 Å². The molecule has 3 rings (SSSR count). The summed E-state index contributed by atoms with van der Waals surface area (Å²) in [5.74, 6) is 0.219. The number of para-hydroxylation sites is 1. The normalized spacial score (nSPS) is 24.5. The molecule has 1 N–H and O–H groups in total. The molecule has 1 aromatic carbocycles. The molecule has 21 heavy (non-hydrogen) atoms. The van der Waals surface area contributed by atoms with Crippen LogP contribution in [0.5, 0.6) is 0 Å². The highest BCUT2D eigenvalue weighted by molar-refractivity contribution is 5.87. The lowest BCUT2D eigenvalue weighted by atomic mass is 10.1. The van der Waals surface area contributed by atoms with Crippen molar-refractivity contribution < 1.29 is 9.53 Å². The van der Waals surface area contributed by atoms with Crippen LogP contribution in [0.15, 0.2) is 24.3 Å². The van der Waals surface area contributed by atoms with E-state index < -0.39 is 0 Å². The summed E-state index contributed by atoms with van der Waals surface area (Å²) in [5, 5.41) is 3.36. The smallest absolute Gasteiger partial charge is 0.245 e. The number of fused-ring (bicyclic) bond motifs is 1. The molecule has 0 saturated carbocycles. The second-order valence-electron chi connectivity index (χ2n) is 5.98. The van der Waals surface area contributed by atoms with Crippen LogP contribution in [-0.2, 0) is 16.0 Å². The van der Waals surface area contributed by atoms with Gasteiger partial charge in [0.05, 0.1) is 6.10 Å². The average molecular weight is 288 g/mol. The Morgan fingerprint density at radius 2 is 2.29 bits per heavy atom. The molecule has 0 spiro atoms. The SMILES string of the molecule is CCCOC1CCCN(C(=O)C2Cc3ccccc3N2)C1. The summed E-state index contributed by atoms with van der Waals surface area (Å²) in [6.07, 6.45) is 4.16. The number of piperidine rings is 1. The Morgan fingerprint density at radius 3 is 3.10 bits per heavy atom. The minimum Gasteiger partial charge on any atom is -0.376 e. The summed E-state index contributed by atoms with van der Waals surface area (Å²) in [5.41, 5.74) is 2.35. The second-order valence-corrected chi connectivity index (χ2v) is 5.98. The van der Waals surface area contributed by atoms with Gasteiger partial charge in [0.15, 0.2) is 0 Å². The zero-order valence-corrected chi connectivity index (χ0v) is 12.7. The molecule has 0 bridgehead atoms. The lowest BCUT2D eigenvalue weighted by Gasteiger charge is -2.34. The topological polar surface area (TPSA) is 41.6 Å². The fraction of sp³-hybridized carbons (Fsp3) is 0.588. The lowest BCUT2D eigenvalue weighted by molar-refractivity contribution is -0.136. The van der Waals surface area contributed by atoms with Crippen LogP contribution in [0.25, 0.3) is 0 Å². The Morgan fingerprint density at radius 1 is 1.43 bits per heavy atom. The van der Waals surface area contributed by atoms with Crippen molar-refractivity contribution in [2.75, 3.05) is 25.0 Å². The Kier molecular flexibility index (Phi) is 4.44. The number of nitrogens with zero attached hydrogens (tertiary/aromatic N) is 1. The van der Waals surface area contributed by atoms with Crippen LogP contribution in [0.2, 0.25) is 0 Å². The van der Waals surface area contributed by atoms with Gasteiger partial charge in [-0.1, -0.05) is 25.1 Å². The quantitative estimate of drug-likeness (QED) is 0.925. The van der Waals surface area contributed by atoms with Crippen LogP contribution in [0.1, 0.15) is 31.7 Å². The van der Waals surface area contributed by atoms with Gasteiger partial charge < -0.3 is 15.0 Å². The van der Waals surface area contributed by atoms with Gasteiger partial charge in [-0.3, -0.25) is 4.79 Å². The predicted molar refractivity (Wildman–Crippen MR) is 83.4 cm³/mol. The zero-order chi connectivity index (χ0) is 14.7. The summed E-state index contributed by atoms with van der Waals surface area (Å²) >= 11 is 0. The molecule has 1 fully saturated rings. The third kappa shape index (κ3) is 3.21. The number of ether oxygens (including phenoxy) is 1. The van der Waals surface area contributed by atoms with Crippen molar-refractivity contribution in [2.24, 2.45) is 0 Å². The Hall–Kier alpha value is -1.55. The second kappa shape index (κ2) is 6.48. The van der Waals surface area contributed by atoms with Gasteiger partial charge in [-0.15, -0.1) is 0 Å². The molecule has 1 aromatic rings. The van der Waals surface area contributed by atoms with Gasteiger partial charge in [0.25, 0.3) is 0 Å². The maximum Gasteiger partial charge on any atom is 0.245 e. The molecule has 0 radical (unpaired) electrons. The molecular formula is C17H24N2O2. The van der Waals surface area contributed by atoms with E-state index in [0.29, 0.717) is 0 Å². The summed E-state index contributed by atoms with van der Waals surface area (Å²) < 4.78 is 5.82. The Bertz CT molecular complexity index is 478. The number of hydrogen-bond donors (Lipinski definition) is 1. The number of rotatable bonds is 4. The highest BCUT2D eigenvalue weighted by Crippen LogP contribution is 2.27. The number of likely N-dealkylation sites (tertiary alicyclic amines) is 1. The highest BCUT2D eigenvalue weighted by atomic mass is 16.5. The van der Waals surface area contributed by atoms with E-state index in [1.807, 2.05) is 23.1 Å². The first-order chi connectivity index (χ1) is 10.3. The van der Waals surface area contributed by atoms with E-state index in [4.69, 9.17) is 4.74 Å². The average Bonchev–Trinajstić information content (AvgIpc) is 2.96. The van der Waals surface area contributed by atoms with Gasteiger partial charge in [-0.05, 0) is 30.9 Å². The molecule has 4 heteroatoms. The van der Waals surface area contributed by atoms with Gasteiger partial charge >= 0.3 is 0 Å². The minimum atomic E-state index is -0.104. The van der Waals surface area contributed by atoms with Gasteiger partial charge in [0.2, 0.25) is 5.91 Å². The molecule has 2 aliphatic heterocycles. The van der Waals surface area contributed by atoms with Crippen LogP contribution in [0.3, 0.4) is 0 Å². The first-order valence-electron chi connectivity index (χ1n) is 8.02. The molecule has 1 saturated heterocycles. The Balaban J connectivity index is 1.58. The first kappa shape index (κ1) is 14.4. The molecule has 2 aliphatic rings. The zero-order valence-electron chi connectivity index (χ0n) is 12.7. The fourth-order valence-electron chi connectivity index (χ4n) is 3.23. The molecule has 2 atom stereocenters. The molecule has 1 amide bonds. The van der Waals surface area contributed by atoms with Gasteiger partial charge in [-0.2, -0.15) is 0 Å². The van der Waals surface area contributed by atoms with Gasteiger partial charge in [0, 0.05) is 31.8 Å². The monoisotopic (exact) mass is 288 g/mol. The van der Waals surface area contributed by atoms with Crippen LogP contribution in [0.4, 0.5) is 5.69 Å². The predicted octanol–water partition coefficient (Wildman–Crippen LogP) is 2.44. The maximum atomic E-state index is 12.7. The van der Waals surface area contributed by atoms with Crippen molar-refractivity contribution in [1.82, 2.24) is 4.90 Å². The lowest BCUT2D eigenvalue weighted by Crippen LogP contribution is -2.48. The van der Waals surface area contributed by atoms with E-state index in [1.54, 1.807) is 0 Å². The van der Waals surface area contributed by atoms with E-state index in [0.717, 1.165) is 51.1 Å². The van der Waals surface area contributed by atoms with Crippen molar-refractivity contribution in [1.29, 1.82) is 0 Å². The van der Waals surface area contributed by atoms with Crippen LogP contribution in [-0.4, -0.2) is 42.6 Å². The van der Waals surface area contributed by atoms with E-state index in [9.17, 15) is 4.79 Å². The Labute approximate surface area is 126 Å². The summed E-state index contributed by atoms with van der Waals surface area (Å²) in [7, 11) is 0. The summed E-state index contributed by atoms with van der Waals surface area (Å²) in [4.78, 5) is 14.7. The molecule has 2 unspecified atom stereocenters. The summed E-state index contributed by atoms with van der Waals surface area (Å²) in [6, 6.07) is 8.08. The molecule has 114 valence electrons. The van der Waals surface area contributed by atoms with Crippen molar-refractivity contribution in [3.8, 4) is 0 Å². The van der Waals surface area contributed by atoms with E-state index in [1.165, 1.54) is 5.56 Å². The van der Waals surface area contributed by atoms with Gasteiger partial charge in [0.1, 0.15) is 6.04 Å². The van der Waals surface area contributed by atoms with Crippen LogP contribution in [0, 0.1) is 0 Å². The number of hydrogen-bond acceptors (Lipinski definition) is 3. The minimum absolute atomic E-state index is 0.104. The van der Waals surface area contributed by atoms with Crippen molar-refractivity contribution in [2.45, 2.75) is 44.8 Å². The first-order valence-corrected chi connectivity index (χ1v) is 8.02. The third-order valence-electron chi connectivity index (χ3n) is 4.32. The standard InChI is InChI=1S/C17H24N2O2/c1-2-10-21-14-7-5-9-19(12-14)17(20)16-11-13-6-3-4-8-15(13)18-16/h3-4,6,8,14,16,18H,2,5,7,9-12H2,1H3. The number of benzene rings is 1. The molecular weight excluding hydrogens is 264 g/mol. The van der Waals surface area contributed by atoms with Gasteiger partial charge in [-0.25, -0.2) is 0 Å².